The standard InChI is InChI=1S/C13H22N2O4/c1-15(8-11-3-2-6-19-11)13(18)14-10-5-4-9(7-10)12(16)17/h9-11H,2-8H2,1H3,(H,14,18)(H,16,17)/t9-,10+,11?/m1/s1. The molecule has 2 amide bonds. The number of carbonyl (C=O) groups is 2. The Hall–Kier alpha value is -1.30. The molecule has 0 radical (unpaired) electrons. The third kappa shape index (κ3) is 3.83. The van der Waals surface area contributed by atoms with Gasteiger partial charge in [0.05, 0.1) is 12.0 Å². The second-order valence-electron chi connectivity index (χ2n) is 5.51. The van der Waals surface area contributed by atoms with Gasteiger partial charge in [0.2, 0.25) is 0 Å². The number of aliphatic carboxylic acids is 1. The fourth-order valence-corrected chi connectivity index (χ4v) is 2.80. The van der Waals surface area contributed by atoms with Gasteiger partial charge in [-0.05, 0) is 32.1 Å². The number of carboxylic acid groups (broad SMARTS) is 1. The van der Waals surface area contributed by atoms with Crippen molar-refractivity contribution >= 4 is 12.0 Å². The number of rotatable bonds is 4. The molecule has 1 saturated carbocycles. The molecule has 1 heterocycles. The first-order valence-electron chi connectivity index (χ1n) is 6.92. The molecule has 1 aliphatic heterocycles. The van der Waals surface area contributed by atoms with Crippen LogP contribution in [-0.4, -0.2) is 54.4 Å². The second kappa shape index (κ2) is 6.23. The molecule has 2 rings (SSSR count). The SMILES string of the molecule is CN(CC1CCCO1)C(=O)N[C@H]1CC[C@@H](C(=O)O)C1. The van der Waals surface area contributed by atoms with Crippen molar-refractivity contribution in [3.8, 4) is 0 Å². The van der Waals surface area contributed by atoms with Crippen molar-refractivity contribution in [1.82, 2.24) is 10.2 Å². The predicted molar refractivity (Wildman–Crippen MR) is 68.9 cm³/mol. The average molecular weight is 270 g/mol. The zero-order chi connectivity index (χ0) is 13.8. The molecule has 6 heteroatoms. The highest BCUT2D eigenvalue weighted by Gasteiger charge is 2.31. The monoisotopic (exact) mass is 270 g/mol. The molecular weight excluding hydrogens is 248 g/mol. The summed E-state index contributed by atoms with van der Waals surface area (Å²) < 4.78 is 5.49. The van der Waals surface area contributed by atoms with Crippen molar-refractivity contribution in [2.45, 2.75) is 44.2 Å². The van der Waals surface area contributed by atoms with Crippen LogP contribution in [0.3, 0.4) is 0 Å². The molecule has 0 aromatic carbocycles. The van der Waals surface area contributed by atoms with Gasteiger partial charge >= 0.3 is 12.0 Å². The van der Waals surface area contributed by atoms with Crippen LogP contribution in [0.15, 0.2) is 0 Å². The lowest BCUT2D eigenvalue weighted by Gasteiger charge is -2.23. The van der Waals surface area contributed by atoms with Crippen molar-refractivity contribution < 1.29 is 19.4 Å². The van der Waals surface area contributed by atoms with Crippen molar-refractivity contribution in [3.05, 3.63) is 0 Å². The summed E-state index contributed by atoms with van der Waals surface area (Å²) in [6, 6.07) is -0.146. The first-order valence-corrected chi connectivity index (χ1v) is 6.92. The minimum Gasteiger partial charge on any atom is -0.481 e. The lowest BCUT2D eigenvalue weighted by Crippen LogP contribution is -2.44. The van der Waals surface area contributed by atoms with Gasteiger partial charge in [0.15, 0.2) is 0 Å². The first kappa shape index (κ1) is 14.1. The Morgan fingerprint density at radius 3 is 2.74 bits per heavy atom. The Kier molecular flexibility index (Phi) is 4.63. The quantitative estimate of drug-likeness (QED) is 0.800. The van der Waals surface area contributed by atoms with Crippen LogP contribution < -0.4 is 5.32 Å². The zero-order valence-electron chi connectivity index (χ0n) is 11.3. The van der Waals surface area contributed by atoms with Crippen molar-refractivity contribution in [1.29, 1.82) is 0 Å². The summed E-state index contributed by atoms with van der Waals surface area (Å²) in [4.78, 5) is 24.5. The maximum absolute atomic E-state index is 12.0. The molecule has 6 nitrogen and oxygen atoms in total. The van der Waals surface area contributed by atoms with Crippen LogP contribution in [-0.2, 0) is 9.53 Å². The molecule has 108 valence electrons. The number of amides is 2. The Labute approximate surface area is 113 Å². The number of urea groups is 1. The summed E-state index contributed by atoms with van der Waals surface area (Å²) in [5.41, 5.74) is 0. The first-order chi connectivity index (χ1) is 9.06. The van der Waals surface area contributed by atoms with E-state index in [9.17, 15) is 9.59 Å². The number of hydrogen-bond acceptors (Lipinski definition) is 3. The maximum atomic E-state index is 12.0. The molecule has 19 heavy (non-hydrogen) atoms. The van der Waals surface area contributed by atoms with Crippen LogP contribution in [0.4, 0.5) is 4.79 Å². The van der Waals surface area contributed by atoms with E-state index in [2.05, 4.69) is 5.32 Å². The van der Waals surface area contributed by atoms with E-state index < -0.39 is 5.97 Å². The van der Waals surface area contributed by atoms with E-state index in [1.807, 2.05) is 0 Å². The average Bonchev–Trinajstić information content (AvgIpc) is 2.99. The highest BCUT2D eigenvalue weighted by atomic mass is 16.5. The number of carbonyl (C=O) groups excluding carboxylic acids is 1. The summed E-state index contributed by atoms with van der Waals surface area (Å²) in [6.45, 7) is 1.38. The minimum atomic E-state index is -0.760. The smallest absolute Gasteiger partial charge is 0.317 e. The van der Waals surface area contributed by atoms with Gasteiger partial charge in [-0.3, -0.25) is 4.79 Å². The number of nitrogens with zero attached hydrogens (tertiary/aromatic N) is 1. The van der Waals surface area contributed by atoms with Gasteiger partial charge in [-0.25, -0.2) is 4.79 Å². The van der Waals surface area contributed by atoms with Crippen molar-refractivity contribution in [3.63, 3.8) is 0 Å². The Morgan fingerprint density at radius 2 is 2.16 bits per heavy atom. The van der Waals surface area contributed by atoms with E-state index in [-0.39, 0.29) is 24.1 Å². The molecule has 1 aliphatic carbocycles. The van der Waals surface area contributed by atoms with Crippen LogP contribution in [0.25, 0.3) is 0 Å². The molecule has 0 aromatic rings. The van der Waals surface area contributed by atoms with E-state index in [0.29, 0.717) is 19.4 Å². The number of carboxylic acids is 1. The highest BCUT2D eigenvalue weighted by Crippen LogP contribution is 2.25. The van der Waals surface area contributed by atoms with Crippen LogP contribution in [0, 0.1) is 5.92 Å². The highest BCUT2D eigenvalue weighted by molar-refractivity contribution is 5.75. The topological polar surface area (TPSA) is 78.9 Å². The minimum absolute atomic E-state index is 0.0134. The van der Waals surface area contributed by atoms with E-state index in [4.69, 9.17) is 9.84 Å². The van der Waals surface area contributed by atoms with Crippen LogP contribution in [0.1, 0.15) is 32.1 Å². The van der Waals surface area contributed by atoms with Gasteiger partial charge in [-0.15, -0.1) is 0 Å². The van der Waals surface area contributed by atoms with E-state index in [0.717, 1.165) is 25.9 Å². The maximum Gasteiger partial charge on any atom is 0.317 e. The predicted octanol–water partition coefficient (Wildman–Crippen LogP) is 1.06. The van der Waals surface area contributed by atoms with Crippen LogP contribution in [0.5, 0.6) is 0 Å². The van der Waals surface area contributed by atoms with Gasteiger partial charge in [0, 0.05) is 26.2 Å². The third-order valence-electron chi connectivity index (χ3n) is 3.96. The summed E-state index contributed by atoms with van der Waals surface area (Å²) >= 11 is 0. The number of likely N-dealkylation sites (N-methyl/N-ethyl adjacent to an activating group) is 1. The molecular formula is C13H22N2O4. The lowest BCUT2D eigenvalue weighted by atomic mass is 10.1. The van der Waals surface area contributed by atoms with E-state index in [1.54, 1.807) is 11.9 Å². The molecule has 2 aliphatic rings. The zero-order valence-corrected chi connectivity index (χ0v) is 11.3. The molecule has 0 bridgehead atoms. The Morgan fingerprint density at radius 1 is 1.37 bits per heavy atom. The molecule has 2 N–H and O–H groups in total. The molecule has 1 unspecified atom stereocenters. The summed E-state index contributed by atoms with van der Waals surface area (Å²) in [5, 5.41) is 11.8. The fourth-order valence-electron chi connectivity index (χ4n) is 2.80. The fraction of sp³-hybridized carbons (Fsp3) is 0.846. The molecule has 0 spiro atoms. The van der Waals surface area contributed by atoms with Crippen molar-refractivity contribution in [2.24, 2.45) is 5.92 Å². The largest absolute Gasteiger partial charge is 0.481 e. The normalized spacial score (nSPS) is 30.3. The van der Waals surface area contributed by atoms with Gasteiger partial charge in [0.25, 0.3) is 0 Å². The summed E-state index contributed by atoms with van der Waals surface area (Å²) in [6.07, 6.45) is 4.14. The third-order valence-corrected chi connectivity index (χ3v) is 3.96. The van der Waals surface area contributed by atoms with Crippen LogP contribution in [0.2, 0.25) is 0 Å². The van der Waals surface area contributed by atoms with Gasteiger partial charge in [0.1, 0.15) is 0 Å². The second-order valence-corrected chi connectivity index (χ2v) is 5.51. The number of hydrogen-bond donors (Lipinski definition) is 2. The van der Waals surface area contributed by atoms with E-state index >= 15 is 0 Å². The van der Waals surface area contributed by atoms with Gasteiger partial charge < -0.3 is 20.1 Å². The molecule has 2 fully saturated rings. The number of ether oxygens (including phenoxy) is 1. The van der Waals surface area contributed by atoms with Crippen molar-refractivity contribution in [2.75, 3.05) is 20.2 Å². The lowest BCUT2D eigenvalue weighted by molar-refractivity contribution is -0.141. The number of nitrogens with one attached hydrogen (secondary N) is 1. The molecule has 0 aromatic heterocycles. The van der Waals surface area contributed by atoms with Gasteiger partial charge in [-0.2, -0.15) is 0 Å². The Balaban J connectivity index is 1.73. The summed E-state index contributed by atoms with van der Waals surface area (Å²) in [7, 11) is 1.75. The summed E-state index contributed by atoms with van der Waals surface area (Å²) in [5.74, 6) is -1.07. The van der Waals surface area contributed by atoms with Crippen LogP contribution >= 0.6 is 0 Å². The molecule has 3 atom stereocenters. The Bertz CT molecular complexity index is 342. The molecule has 1 saturated heterocycles. The van der Waals surface area contributed by atoms with E-state index in [1.165, 1.54) is 0 Å². The van der Waals surface area contributed by atoms with Gasteiger partial charge in [-0.1, -0.05) is 0 Å².